The molecule has 0 aliphatic heterocycles. The second kappa shape index (κ2) is 5.69. The predicted octanol–water partition coefficient (Wildman–Crippen LogP) is 3.66. The highest BCUT2D eigenvalue weighted by Crippen LogP contribution is 2.30. The molecule has 0 heterocycles. The molecule has 2 rings (SSSR count). The molecule has 0 aromatic heterocycles. The van der Waals surface area contributed by atoms with E-state index < -0.39 is 0 Å². The van der Waals surface area contributed by atoms with Crippen molar-refractivity contribution in [3.63, 3.8) is 0 Å². The van der Waals surface area contributed by atoms with Gasteiger partial charge in [0.05, 0.1) is 0 Å². The topological polar surface area (TPSA) is 12.0 Å². The fraction of sp³-hybridized carbons (Fsp3) is 0.857. The summed E-state index contributed by atoms with van der Waals surface area (Å²) >= 11 is 0. The molecule has 1 saturated carbocycles. The Kier molecular flexibility index (Phi) is 4.25. The van der Waals surface area contributed by atoms with Crippen molar-refractivity contribution in [2.75, 3.05) is 6.54 Å². The van der Waals surface area contributed by atoms with E-state index in [1.165, 1.54) is 57.9 Å². The van der Waals surface area contributed by atoms with Crippen LogP contribution in [0.4, 0.5) is 0 Å². The standard InChI is InChI=1S/C14H25N/c1-12(11-14-7-4-8-14)15-10-9-13-5-2-3-6-13/h5,12,14-15H,2-4,6-11H2,1H3. The molecule has 1 N–H and O–H groups in total. The first-order valence-electron chi connectivity index (χ1n) is 6.76. The molecule has 0 saturated heterocycles. The molecule has 0 amide bonds. The highest BCUT2D eigenvalue weighted by atomic mass is 14.9. The number of hydrogen-bond donors (Lipinski definition) is 1. The number of hydrogen-bond acceptors (Lipinski definition) is 1. The Morgan fingerprint density at radius 1 is 1.40 bits per heavy atom. The molecule has 0 spiro atoms. The first-order chi connectivity index (χ1) is 7.34. The molecule has 1 atom stereocenters. The lowest BCUT2D eigenvalue weighted by Gasteiger charge is -2.28. The number of rotatable bonds is 6. The van der Waals surface area contributed by atoms with Crippen LogP contribution < -0.4 is 5.32 Å². The maximum atomic E-state index is 3.67. The van der Waals surface area contributed by atoms with Crippen LogP contribution in [0.25, 0.3) is 0 Å². The second-order valence-electron chi connectivity index (χ2n) is 5.39. The number of allylic oxidation sites excluding steroid dienone is 1. The maximum Gasteiger partial charge on any atom is 0.00414 e. The van der Waals surface area contributed by atoms with Crippen molar-refractivity contribution >= 4 is 0 Å². The first kappa shape index (κ1) is 11.2. The monoisotopic (exact) mass is 207 g/mol. The van der Waals surface area contributed by atoms with Gasteiger partial charge < -0.3 is 5.32 Å². The number of nitrogens with one attached hydrogen (secondary N) is 1. The third kappa shape index (κ3) is 3.64. The molecule has 1 nitrogen and oxygen atoms in total. The Hall–Kier alpha value is -0.300. The summed E-state index contributed by atoms with van der Waals surface area (Å²) in [4.78, 5) is 0. The van der Waals surface area contributed by atoms with E-state index in [1.54, 1.807) is 5.57 Å². The van der Waals surface area contributed by atoms with Gasteiger partial charge in [-0.25, -0.2) is 0 Å². The molecule has 1 fully saturated rings. The minimum Gasteiger partial charge on any atom is -0.314 e. The summed E-state index contributed by atoms with van der Waals surface area (Å²) in [5, 5.41) is 3.67. The Morgan fingerprint density at radius 2 is 2.27 bits per heavy atom. The van der Waals surface area contributed by atoms with Crippen molar-refractivity contribution < 1.29 is 0 Å². The van der Waals surface area contributed by atoms with Gasteiger partial charge in [0.1, 0.15) is 0 Å². The summed E-state index contributed by atoms with van der Waals surface area (Å²) in [6.07, 6.45) is 13.7. The highest BCUT2D eigenvalue weighted by molar-refractivity contribution is 5.07. The summed E-state index contributed by atoms with van der Waals surface area (Å²) in [5.41, 5.74) is 1.69. The molecule has 2 aliphatic carbocycles. The highest BCUT2D eigenvalue weighted by Gasteiger charge is 2.19. The van der Waals surface area contributed by atoms with Crippen molar-refractivity contribution in [3.05, 3.63) is 11.6 Å². The van der Waals surface area contributed by atoms with Crippen molar-refractivity contribution in [1.82, 2.24) is 5.32 Å². The van der Waals surface area contributed by atoms with E-state index in [0.29, 0.717) is 0 Å². The van der Waals surface area contributed by atoms with Crippen LogP contribution >= 0.6 is 0 Å². The second-order valence-corrected chi connectivity index (χ2v) is 5.39. The summed E-state index contributed by atoms with van der Waals surface area (Å²) < 4.78 is 0. The van der Waals surface area contributed by atoms with E-state index in [0.717, 1.165) is 12.0 Å². The Balaban J connectivity index is 1.52. The Labute approximate surface area is 94.3 Å². The van der Waals surface area contributed by atoms with Crippen molar-refractivity contribution in [2.24, 2.45) is 5.92 Å². The van der Waals surface area contributed by atoms with Gasteiger partial charge in [-0.2, -0.15) is 0 Å². The smallest absolute Gasteiger partial charge is 0.00414 e. The van der Waals surface area contributed by atoms with Crippen molar-refractivity contribution in [2.45, 2.75) is 64.3 Å². The van der Waals surface area contributed by atoms with Gasteiger partial charge in [0.2, 0.25) is 0 Å². The van der Waals surface area contributed by atoms with Gasteiger partial charge >= 0.3 is 0 Å². The lowest BCUT2D eigenvalue weighted by molar-refractivity contribution is 0.266. The van der Waals surface area contributed by atoms with E-state index in [9.17, 15) is 0 Å². The molecule has 0 aromatic carbocycles. The van der Waals surface area contributed by atoms with Gasteiger partial charge in [-0.15, -0.1) is 0 Å². The van der Waals surface area contributed by atoms with Gasteiger partial charge in [-0.1, -0.05) is 30.9 Å². The first-order valence-corrected chi connectivity index (χ1v) is 6.76. The third-order valence-electron chi connectivity index (χ3n) is 3.99. The zero-order valence-electron chi connectivity index (χ0n) is 10.1. The summed E-state index contributed by atoms with van der Waals surface area (Å²) in [6.45, 7) is 3.54. The zero-order valence-corrected chi connectivity index (χ0v) is 10.1. The minimum atomic E-state index is 0.734. The van der Waals surface area contributed by atoms with E-state index in [2.05, 4.69) is 18.3 Å². The molecule has 1 heteroatoms. The predicted molar refractivity (Wildman–Crippen MR) is 66.0 cm³/mol. The molecule has 0 bridgehead atoms. The third-order valence-corrected chi connectivity index (χ3v) is 3.99. The van der Waals surface area contributed by atoms with Crippen molar-refractivity contribution in [3.8, 4) is 0 Å². The van der Waals surface area contributed by atoms with Gasteiger partial charge in [-0.3, -0.25) is 0 Å². The lowest BCUT2D eigenvalue weighted by atomic mass is 9.81. The lowest BCUT2D eigenvalue weighted by Crippen LogP contribution is -2.31. The van der Waals surface area contributed by atoms with Crippen LogP contribution in [0.15, 0.2) is 11.6 Å². The fourth-order valence-corrected chi connectivity index (χ4v) is 2.76. The van der Waals surface area contributed by atoms with Crippen LogP contribution in [-0.2, 0) is 0 Å². The average molecular weight is 207 g/mol. The molecular formula is C14H25N. The van der Waals surface area contributed by atoms with Gasteiger partial charge in [0.25, 0.3) is 0 Å². The largest absolute Gasteiger partial charge is 0.314 e. The summed E-state index contributed by atoms with van der Waals surface area (Å²) in [6, 6.07) is 0.734. The average Bonchev–Trinajstić information content (AvgIpc) is 2.64. The normalized spacial score (nSPS) is 23.7. The van der Waals surface area contributed by atoms with E-state index in [1.807, 2.05) is 0 Å². The SMILES string of the molecule is CC(CC1CCC1)NCCC1=CCCC1. The van der Waals surface area contributed by atoms with Crippen LogP contribution in [0, 0.1) is 5.92 Å². The van der Waals surface area contributed by atoms with E-state index in [-0.39, 0.29) is 0 Å². The van der Waals surface area contributed by atoms with Crippen LogP contribution in [0.2, 0.25) is 0 Å². The summed E-state index contributed by atoms with van der Waals surface area (Å²) in [7, 11) is 0. The Morgan fingerprint density at radius 3 is 2.87 bits per heavy atom. The van der Waals surface area contributed by atoms with E-state index in [4.69, 9.17) is 0 Å². The molecule has 86 valence electrons. The van der Waals surface area contributed by atoms with Crippen molar-refractivity contribution in [1.29, 1.82) is 0 Å². The van der Waals surface area contributed by atoms with Crippen LogP contribution in [0.3, 0.4) is 0 Å². The molecule has 0 aromatic rings. The van der Waals surface area contributed by atoms with E-state index >= 15 is 0 Å². The molecule has 2 aliphatic rings. The maximum absolute atomic E-state index is 3.67. The summed E-state index contributed by atoms with van der Waals surface area (Å²) in [5.74, 6) is 1.04. The molecule has 0 radical (unpaired) electrons. The molecule has 1 unspecified atom stereocenters. The van der Waals surface area contributed by atoms with Gasteiger partial charge in [-0.05, 0) is 51.5 Å². The molecule has 15 heavy (non-hydrogen) atoms. The minimum absolute atomic E-state index is 0.734. The van der Waals surface area contributed by atoms with Crippen LogP contribution in [-0.4, -0.2) is 12.6 Å². The van der Waals surface area contributed by atoms with Gasteiger partial charge in [0.15, 0.2) is 0 Å². The van der Waals surface area contributed by atoms with Crippen LogP contribution in [0.1, 0.15) is 58.3 Å². The zero-order chi connectivity index (χ0) is 10.5. The van der Waals surface area contributed by atoms with Crippen LogP contribution in [0.5, 0.6) is 0 Å². The van der Waals surface area contributed by atoms with Gasteiger partial charge in [0, 0.05) is 6.04 Å². The Bertz CT molecular complexity index is 215. The quantitative estimate of drug-likeness (QED) is 0.655. The molecular weight excluding hydrogens is 182 g/mol. The fourth-order valence-electron chi connectivity index (χ4n) is 2.76.